The van der Waals surface area contributed by atoms with Gasteiger partial charge in [0.05, 0.1) is 0 Å². The van der Waals surface area contributed by atoms with E-state index in [9.17, 15) is 9.13 Å². The molecule has 0 spiro atoms. The second kappa shape index (κ2) is 16.7. The smallest absolute Gasteiger partial charge is 0.344 e. The number of hydrogen-bond donors (Lipinski definition) is 4. The van der Waals surface area contributed by atoms with Crippen LogP contribution in [0.4, 0.5) is 0 Å². The fraction of sp³-hybridized carbons (Fsp3) is 1.00. The van der Waals surface area contributed by atoms with Gasteiger partial charge >= 0.3 is 16.5 Å². The molecule has 10 heteroatoms. The molecule has 0 aliphatic heterocycles. The predicted octanol–water partition coefficient (Wildman–Crippen LogP) is 1.48. The maximum absolute atomic E-state index is 9.39. The van der Waals surface area contributed by atoms with Crippen molar-refractivity contribution in [2.24, 2.45) is 0 Å². The number of halogens is 1. The Bertz CT molecular complexity index is 98.7. The summed E-state index contributed by atoms with van der Waals surface area (Å²) in [6, 6.07) is 0. The molecular weight excluding hydrogens is 217 g/mol. The molecule has 0 amide bonds. The Hall–Kier alpha value is 0.290. The van der Waals surface area contributed by atoms with Gasteiger partial charge in [0, 0.05) is 15.5 Å². The van der Waals surface area contributed by atoms with Crippen molar-refractivity contribution < 1.29 is 23.2 Å². The molecule has 0 radical (unpaired) electrons. The van der Waals surface area contributed by atoms with Gasteiger partial charge in [0.25, 0.3) is 0 Å². The molecule has 70 valence electrons. The highest BCUT2D eigenvalue weighted by Gasteiger charge is 2.31. The van der Waals surface area contributed by atoms with E-state index >= 15 is 0 Å². The lowest BCUT2D eigenvalue weighted by molar-refractivity contribution is 0.371. The molecule has 0 heterocycles. The second-order valence-electron chi connectivity index (χ2n) is 0.557. The van der Waals surface area contributed by atoms with Gasteiger partial charge in [0.2, 0.25) is 0 Å². The van der Waals surface area contributed by atoms with E-state index < -0.39 is 16.5 Å². The van der Waals surface area contributed by atoms with Crippen LogP contribution in [0, 0.1) is 0 Å². The summed E-state index contributed by atoms with van der Waals surface area (Å²) in [6.45, 7) is 0. The molecule has 7 nitrogen and oxygen atoms in total. The third-order valence-electron chi connectivity index (χ3n) is 0.140. The molecule has 0 aliphatic carbocycles. The number of alkyl halides is 1. The lowest BCUT2D eigenvalue weighted by Gasteiger charge is -1.50. The van der Waals surface area contributed by atoms with Crippen molar-refractivity contribution in [1.82, 2.24) is 12.3 Å². The van der Waals surface area contributed by atoms with Crippen molar-refractivity contribution in [3.63, 3.8) is 0 Å². The predicted molar refractivity (Wildman–Crippen MR) is 42.6 cm³/mol. The van der Waals surface area contributed by atoms with Crippen LogP contribution in [0.25, 0.3) is 0 Å². The highest BCUT2D eigenvalue weighted by Crippen LogP contribution is 2.30. The van der Waals surface area contributed by atoms with Gasteiger partial charge in [-0.2, -0.15) is 0 Å². The van der Waals surface area contributed by atoms with Crippen molar-refractivity contribution in [3.8, 4) is 0 Å². The molecule has 0 aromatic rings. The standard InChI is InChI=1S/CH3Cl.2H3N.O5P2/c1-2;;;1-6(2)5-7(3)4/h1H3;2*1H3;/p+2. The van der Waals surface area contributed by atoms with Crippen LogP contribution in [-0.2, 0) is 13.4 Å². The van der Waals surface area contributed by atoms with Gasteiger partial charge in [-0.15, -0.1) is 21.4 Å². The first kappa shape index (κ1) is 22.5. The van der Waals surface area contributed by atoms with Gasteiger partial charge in [-0.1, -0.05) is 0 Å². The zero-order valence-corrected chi connectivity index (χ0v) is 8.35. The molecule has 0 bridgehead atoms. The van der Waals surface area contributed by atoms with Crippen molar-refractivity contribution in [2.45, 2.75) is 0 Å². The zero-order valence-electron chi connectivity index (χ0n) is 5.81. The van der Waals surface area contributed by atoms with Gasteiger partial charge in [0.15, 0.2) is 4.31 Å². The summed E-state index contributed by atoms with van der Waals surface area (Å²) in [5.74, 6) is 0. The first-order valence-corrected chi connectivity index (χ1v) is 4.52. The van der Waals surface area contributed by atoms with Gasteiger partial charge in [0.1, 0.15) is 0 Å². The van der Waals surface area contributed by atoms with Gasteiger partial charge in [-0.05, 0) is 0 Å². The first-order chi connectivity index (χ1) is 4.13. The first-order valence-electron chi connectivity index (χ1n) is 1.51. The Morgan fingerprint density at radius 2 is 1.27 bits per heavy atom. The minimum Gasteiger partial charge on any atom is -0.344 e. The average Bonchev–Trinajstić information content (AvgIpc) is 1.68. The van der Waals surface area contributed by atoms with E-state index in [1.165, 1.54) is 6.38 Å². The van der Waals surface area contributed by atoms with Crippen molar-refractivity contribution in [2.75, 3.05) is 6.38 Å². The monoisotopic (exact) mass is 228 g/mol. The molecular formula is CH11ClN2O5P2+2. The SMILES string of the molecule is CCl.N.N.O=[P+](O)O[P+](=O)O. The van der Waals surface area contributed by atoms with Crippen LogP contribution >= 0.6 is 28.1 Å². The summed E-state index contributed by atoms with van der Waals surface area (Å²) >= 11 is 4.64. The van der Waals surface area contributed by atoms with Crippen LogP contribution in [0.1, 0.15) is 0 Å². The van der Waals surface area contributed by atoms with Crippen LogP contribution in [0.2, 0.25) is 0 Å². The Morgan fingerprint density at radius 3 is 1.27 bits per heavy atom. The minimum absolute atomic E-state index is 0. The summed E-state index contributed by atoms with van der Waals surface area (Å²) in [5.41, 5.74) is 0. The molecule has 2 atom stereocenters. The fourth-order valence-corrected chi connectivity index (χ4v) is 0.538. The molecule has 11 heavy (non-hydrogen) atoms. The van der Waals surface area contributed by atoms with Gasteiger partial charge in [-0.25, -0.2) is 0 Å². The summed E-state index contributed by atoms with van der Waals surface area (Å²) in [7, 11) is -5.85. The van der Waals surface area contributed by atoms with E-state index in [0.29, 0.717) is 0 Å². The molecule has 0 fully saturated rings. The quantitative estimate of drug-likeness (QED) is 0.412. The summed E-state index contributed by atoms with van der Waals surface area (Å²) in [5, 5.41) is 0. The molecule has 2 unspecified atom stereocenters. The van der Waals surface area contributed by atoms with Crippen LogP contribution in [0.15, 0.2) is 0 Å². The van der Waals surface area contributed by atoms with Gasteiger partial charge in [-0.3, -0.25) is 0 Å². The molecule has 0 aromatic carbocycles. The normalized spacial score (nSPS) is 9.09. The fourth-order valence-electron chi connectivity index (χ4n) is 0.0598. The van der Waals surface area contributed by atoms with Crippen molar-refractivity contribution >= 4 is 28.1 Å². The summed E-state index contributed by atoms with van der Waals surface area (Å²) < 4.78 is 22.2. The average molecular weight is 229 g/mol. The Kier molecular flexibility index (Phi) is 34.2. The molecule has 0 saturated heterocycles. The van der Waals surface area contributed by atoms with E-state index in [0.717, 1.165) is 0 Å². The lowest BCUT2D eigenvalue weighted by atomic mass is 12.0. The van der Waals surface area contributed by atoms with Crippen LogP contribution < -0.4 is 12.3 Å². The third kappa shape index (κ3) is 38.4. The number of rotatable bonds is 2. The second-order valence-corrected chi connectivity index (χ2v) is 2.16. The van der Waals surface area contributed by atoms with E-state index in [4.69, 9.17) is 9.79 Å². The van der Waals surface area contributed by atoms with Gasteiger partial charge < -0.3 is 12.3 Å². The van der Waals surface area contributed by atoms with Crippen molar-refractivity contribution in [3.05, 3.63) is 0 Å². The van der Waals surface area contributed by atoms with E-state index in [-0.39, 0.29) is 12.3 Å². The molecule has 0 rings (SSSR count). The van der Waals surface area contributed by atoms with E-state index in [1.807, 2.05) is 0 Å². The van der Waals surface area contributed by atoms with E-state index in [1.54, 1.807) is 0 Å². The maximum Gasteiger partial charge on any atom is 0.745 e. The van der Waals surface area contributed by atoms with Crippen molar-refractivity contribution in [1.29, 1.82) is 0 Å². The molecule has 0 aliphatic rings. The van der Waals surface area contributed by atoms with Crippen LogP contribution in [0.5, 0.6) is 0 Å². The highest BCUT2D eigenvalue weighted by molar-refractivity contribution is 7.46. The van der Waals surface area contributed by atoms with Crippen LogP contribution in [0.3, 0.4) is 0 Å². The topological polar surface area (TPSA) is 154 Å². The van der Waals surface area contributed by atoms with E-state index in [2.05, 4.69) is 15.9 Å². The Labute approximate surface area is 70.8 Å². The molecule has 8 N–H and O–H groups in total. The number of hydrogen-bond acceptors (Lipinski definition) is 5. The summed E-state index contributed by atoms with van der Waals surface area (Å²) in [4.78, 5) is 15.3. The van der Waals surface area contributed by atoms with Crippen LogP contribution in [-0.4, -0.2) is 16.2 Å². The third-order valence-corrected chi connectivity index (χ3v) is 1.26. The Balaban J connectivity index is -0.0000000564. The molecule has 0 saturated carbocycles. The molecule has 0 aromatic heterocycles. The Morgan fingerprint density at radius 1 is 1.09 bits per heavy atom. The lowest BCUT2D eigenvalue weighted by Crippen LogP contribution is -1.58. The maximum atomic E-state index is 9.39. The zero-order chi connectivity index (χ0) is 7.86. The largest absolute Gasteiger partial charge is 0.745 e. The minimum atomic E-state index is -2.92. The summed E-state index contributed by atoms with van der Waals surface area (Å²) in [6.07, 6.45) is 1.47. The highest BCUT2D eigenvalue weighted by atomic mass is 35.5.